The molecule has 7 N–H and O–H groups in total. The van der Waals surface area contributed by atoms with Gasteiger partial charge >= 0.3 is 0 Å². The van der Waals surface area contributed by atoms with Crippen molar-refractivity contribution in [2.24, 2.45) is 5.73 Å². The Hall–Kier alpha value is -3.91. The number of pyridine rings is 1. The average Bonchev–Trinajstić information content (AvgIpc) is 2.95. The van der Waals surface area contributed by atoms with Crippen LogP contribution in [0.15, 0.2) is 48.7 Å². The Bertz CT molecular complexity index is 1100. The summed E-state index contributed by atoms with van der Waals surface area (Å²) in [5, 5.41) is 21.3. The molecule has 2 heterocycles. The molecular weight excluding hydrogens is 502 g/mol. The number of hydrogen-bond acceptors (Lipinski definition) is 12. The van der Waals surface area contributed by atoms with Crippen LogP contribution in [0.25, 0.3) is 0 Å². The molecule has 13 nitrogen and oxygen atoms in total. The van der Waals surface area contributed by atoms with Crippen molar-refractivity contribution in [1.82, 2.24) is 25.3 Å². The van der Waals surface area contributed by atoms with Gasteiger partial charge in [0.15, 0.2) is 0 Å². The van der Waals surface area contributed by atoms with E-state index in [-0.39, 0.29) is 18.9 Å². The van der Waals surface area contributed by atoms with Gasteiger partial charge in [-0.25, -0.2) is 0 Å². The van der Waals surface area contributed by atoms with Gasteiger partial charge in [0.2, 0.25) is 23.8 Å². The number of ether oxygens (including phenoxy) is 2. The zero-order valence-electron chi connectivity index (χ0n) is 21.9. The lowest BCUT2D eigenvalue weighted by Gasteiger charge is -2.11. The summed E-state index contributed by atoms with van der Waals surface area (Å²) >= 11 is 0. The molecule has 0 fully saturated rings. The Kier molecular flexibility index (Phi) is 13.4. The van der Waals surface area contributed by atoms with E-state index in [1.165, 1.54) is 0 Å². The number of carbonyl (C=O) groups excluding carboxylic acids is 1. The molecule has 0 radical (unpaired) electrons. The maximum absolute atomic E-state index is 12.2. The normalized spacial score (nSPS) is 10.7. The smallest absolute Gasteiger partial charge is 0.233 e. The van der Waals surface area contributed by atoms with Gasteiger partial charge in [-0.1, -0.05) is 18.2 Å². The largest absolute Gasteiger partial charge is 0.395 e. The lowest BCUT2D eigenvalue weighted by molar-refractivity contribution is -0.120. The summed E-state index contributed by atoms with van der Waals surface area (Å²) in [4.78, 5) is 29.7. The monoisotopic (exact) mass is 539 g/mol. The Balaban J connectivity index is 1.47. The molecule has 0 aliphatic heterocycles. The summed E-state index contributed by atoms with van der Waals surface area (Å²) in [6, 6.07) is 13.2. The van der Waals surface area contributed by atoms with Gasteiger partial charge in [-0.2, -0.15) is 15.0 Å². The molecule has 39 heavy (non-hydrogen) atoms. The number of carbonyl (C=O) groups is 1. The first-order valence-corrected chi connectivity index (χ1v) is 12.9. The van der Waals surface area contributed by atoms with Crippen molar-refractivity contribution in [3.8, 4) is 0 Å². The lowest BCUT2D eigenvalue weighted by atomic mass is 10.1. The van der Waals surface area contributed by atoms with Gasteiger partial charge in [0.1, 0.15) is 0 Å². The molecule has 0 spiro atoms. The Morgan fingerprint density at radius 1 is 0.846 bits per heavy atom. The van der Waals surface area contributed by atoms with E-state index in [0.717, 1.165) is 16.9 Å². The molecule has 0 saturated heterocycles. The van der Waals surface area contributed by atoms with Crippen molar-refractivity contribution in [2.45, 2.75) is 12.8 Å². The summed E-state index contributed by atoms with van der Waals surface area (Å²) in [6.07, 6.45) is 2.72. The predicted octanol–water partition coefficient (Wildman–Crippen LogP) is 0.720. The molecule has 0 unspecified atom stereocenters. The molecule has 3 rings (SSSR count). The number of benzene rings is 1. The molecule has 2 aromatic heterocycles. The highest BCUT2D eigenvalue weighted by molar-refractivity contribution is 5.78. The summed E-state index contributed by atoms with van der Waals surface area (Å²) in [5.41, 5.74) is 7.93. The zero-order valence-corrected chi connectivity index (χ0v) is 21.9. The molecule has 13 heteroatoms. The minimum absolute atomic E-state index is 0.0524. The predicted molar refractivity (Wildman–Crippen MR) is 149 cm³/mol. The highest BCUT2D eigenvalue weighted by Crippen LogP contribution is 2.17. The van der Waals surface area contributed by atoms with E-state index in [2.05, 4.69) is 41.2 Å². The van der Waals surface area contributed by atoms with Gasteiger partial charge in [-0.05, 0) is 29.8 Å². The first-order chi connectivity index (χ1) is 19.2. The van der Waals surface area contributed by atoms with Gasteiger partial charge in [0, 0.05) is 50.2 Å². The van der Waals surface area contributed by atoms with Gasteiger partial charge in [0.05, 0.1) is 39.5 Å². The van der Waals surface area contributed by atoms with Crippen molar-refractivity contribution in [3.63, 3.8) is 0 Å². The van der Waals surface area contributed by atoms with E-state index in [1.807, 2.05) is 42.5 Å². The van der Waals surface area contributed by atoms with Crippen molar-refractivity contribution in [3.05, 3.63) is 59.9 Å². The van der Waals surface area contributed by atoms with Crippen LogP contribution in [0.1, 0.15) is 11.3 Å². The number of amides is 1. The number of nitrogens with one attached hydrogen (secondary N) is 4. The molecular formula is C26H37N9O4. The Labute approximate surface area is 228 Å². The van der Waals surface area contributed by atoms with Gasteiger partial charge in [-0.15, -0.1) is 0 Å². The topological polar surface area (TPSA) is 181 Å². The Morgan fingerprint density at radius 3 is 2.26 bits per heavy atom. The number of nitrogens with two attached hydrogens (primary N) is 1. The molecule has 0 bridgehead atoms. The lowest BCUT2D eigenvalue weighted by Crippen LogP contribution is -2.29. The maximum Gasteiger partial charge on any atom is 0.233 e. The molecule has 3 aromatic rings. The molecule has 0 aliphatic carbocycles. The molecule has 210 valence electrons. The number of aromatic nitrogens is 4. The number of aliphatic hydroxyl groups excluding tert-OH is 1. The van der Waals surface area contributed by atoms with Crippen LogP contribution >= 0.6 is 0 Å². The molecule has 1 aromatic carbocycles. The van der Waals surface area contributed by atoms with Crippen LogP contribution < -0.4 is 27.0 Å². The summed E-state index contributed by atoms with van der Waals surface area (Å²) in [5.74, 6) is 0.980. The van der Waals surface area contributed by atoms with E-state index in [4.69, 9.17) is 20.3 Å². The third kappa shape index (κ3) is 12.0. The number of rotatable bonds is 19. The third-order valence-electron chi connectivity index (χ3n) is 5.20. The summed E-state index contributed by atoms with van der Waals surface area (Å²) < 4.78 is 10.6. The summed E-state index contributed by atoms with van der Waals surface area (Å²) in [6.45, 7) is 3.64. The standard InChI is InChI=1S/C26H37N9O4/c27-9-15-38-17-18-39-16-13-29-23(37)19-20-4-6-22(7-5-20)32-26-34-24(33-25(35-26)31-12-14-36)30-11-8-21-3-1-2-10-28-21/h1-7,10,36H,8-9,11-19,27H2,(H,29,37)(H3,30,31,32,33,34,35). The van der Waals surface area contributed by atoms with Gasteiger partial charge in [0.25, 0.3) is 0 Å². The highest BCUT2D eigenvalue weighted by atomic mass is 16.5. The quantitative estimate of drug-likeness (QED) is 0.118. The zero-order chi connectivity index (χ0) is 27.5. The number of hydrogen-bond donors (Lipinski definition) is 6. The first-order valence-electron chi connectivity index (χ1n) is 12.9. The van der Waals surface area contributed by atoms with Crippen LogP contribution in [0.3, 0.4) is 0 Å². The van der Waals surface area contributed by atoms with Crippen molar-refractivity contribution in [2.75, 3.05) is 75.2 Å². The van der Waals surface area contributed by atoms with E-state index in [9.17, 15) is 4.79 Å². The molecule has 0 saturated carbocycles. The fraction of sp³-hybridized carbons (Fsp3) is 0.423. The van der Waals surface area contributed by atoms with Crippen LogP contribution in [-0.2, 0) is 27.1 Å². The van der Waals surface area contributed by atoms with Crippen LogP contribution in [0, 0.1) is 0 Å². The SMILES string of the molecule is NCCOCCOCCNC(=O)Cc1ccc(Nc2nc(NCCO)nc(NCCc3ccccn3)n2)cc1. The van der Waals surface area contributed by atoms with Crippen LogP contribution in [0.5, 0.6) is 0 Å². The average molecular weight is 540 g/mol. The molecule has 0 aliphatic rings. The van der Waals surface area contributed by atoms with Crippen LogP contribution in [-0.4, -0.2) is 90.2 Å². The van der Waals surface area contributed by atoms with E-state index < -0.39 is 0 Å². The molecule has 0 atom stereocenters. The van der Waals surface area contributed by atoms with E-state index in [0.29, 0.717) is 76.9 Å². The third-order valence-corrected chi connectivity index (χ3v) is 5.20. The Morgan fingerprint density at radius 2 is 1.56 bits per heavy atom. The second-order valence-electron chi connectivity index (χ2n) is 8.32. The van der Waals surface area contributed by atoms with Crippen molar-refractivity contribution in [1.29, 1.82) is 0 Å². The van der Waals surface area contributed by atoms with Crippen LogP contribution in [0.2, 0.25) is 0 Å². The van der Waals surface area contributed by atoms with Gasteiger partial charge < -0.3 is 41.6 Å². The minimum atomic E-state index is -0.0859. The van der Waals surface area contributed by atoms with Crippen molar-refractivity contribution < 1.29 is 19.4 Å². The maximum atomic E-state index is 12.2. The van der Waals surface area contributed by atoms with E-state index >= 15 is 0 Å². The minimum Gasteiger partial charge on any atom is -0.395 e. The second-order valence-corrected chi connectivity index (χ2v) is 8.32. The number of nitrogens with zero attached hydrogens (tertiary/aromatic N) is 4. The number of aliphatic hydroxyl groups is 1. The first kappa shape index (κ1) is 29.6. The van der Waals surface area contributed by atoms with E-state index in [1.54, 1.807) is 6.20 Å². The summed E-state index contributed by atoms with van der Waals surface area (Å²) in [7, 11) is 0. The fourth-order valence-corrected chi connectivity index (χ4v) is 3.36. The van der Waals surface area contributed by atoms with Crippen LogP contribution in [0.4, 0.5) is 23.5 Å². The van der Waals surface area contributed by atoms with Gasteiger partial charge in [-0.3, -0.25) is 9.78 Å². The second kappa shape index (κ2) is 17.6. The fourth-order valence-electron chi connectivity index (χ4n) is 3.36. The van der Waals surface area contributed by atoms with Crippen molar-refractivity contribution >= 4 is 29.4 Å². The highest BCUT2D eigenvalue weighted by Gasteiger charge is 2.08. The molecule has 1 amide bonds. The number of anilines is 4.